The summed E-state index contributed by atoms with van der Waals surface area (Å²) >= 11 is 1.21. The molecule has 2 rings (SSSR count). The first-order chi connectivity index (χ1) is 13.3. The molecule has 28 heavy (non-hydrogen) atoms. The van der Waals surface area contributed by atoms with E-state index in [0.29, 0.717) is 22.0 Å². The van der Waals surface area contributed by atoms with E-state index in [1.165, 1.54) is 18.4 Å². The zero-order valence-electron chi connectivity index (χ0n) is 16.4. The molecule has 7 nitrogen and oxygen atoms in total. The minimum absolute atomic E-state index is 0.184. The maximum atomic E-state index is 12.3. The average Bonchev–Trinajstić information content (AvgIpc) is 3.07. The number of ether oxygens (including phenoxy) is 2. The predicted molar refractivity (Wildman–Crippen MR) is 106 cm³/mol. The Morgan fingerprint density at radius 1 is 1.18 bits per heavy atom. The van der Waals surface area contributed by atoms with E-state index >= 15 is 0 Å². The number of esters is 2. The van der Waals surface area contributed by atoms with Crippen molar-refractivity contribution in [1.29, 1.82) is 0 Å². The number of thiazole rings is 1. The highest BCUT2D eigenvalue weighted by Gasteiger charge is 2.24. The largest absolute Gasteiger partial charge is 0.467 e. The number of methoxy groups -OCH3 is 1. The summed E-state index contributed by atoms with van der Waals surface area (Å²) in [5.74, 6) is -1.52. The van der Waals surface area contributed by atoms with Gasteiger partial charge in [0.1, 0.15) is 15.9 Å². The monoisotopic (exact) mass is 404 g/mol. The van der Waals surface area contributed by atoms with Gasteiger partial charge in [0, 0.05) is 5.56 Å². The second-order valence-electron chi connectivity index (χ2n) is 6.65. The van der Waals surface area contributed by atoms with Gasteiger partial charge >= 0.3 is 11.9 Å². The van der Waals surface area contributed by atoms with Crippen LogP contribution in [0.3, 0.4) is 0 Å². The Kier molecular flexibility index (Phi) is 7.69. The molecule has 1 amide bonds. The Labute approximate surface area is 168 Å². The number of hydrogen-bond acceptors (Lipinski definition) is 7. The SMILES string of the molecule is COC(=O)C(CC(C)C)NC(=O)COC(=O)c1sc(-c2ccccc2)nc1C. The maximum Gasteiger partial charge on any atom is 0.350 e. The normalized spacial score (nSPS) is 11.8. The first kappa shape index (κ1) is 21.6. The molecule has 1 heterocycles. The molecule has 0 saturated carbocycles. The molecule has 2 aromatic rings. The lowest BCUT2D eigenvalue weighted by Crippen LogP contribution is -2.44. The molecule has 0 saturated heterocycles. The van der Waals surface area contributed by atoms with Gasteiger partial charge in [-0.3, -0.25) is 4.79 Å². The van der Waals surface area contributed by atoms with Crippen molar-refractivity contribution in [2.24, 2.45) is 5.92 Å². The summed E-state index contributed by atoms with van der Waals surface area (Å²) < 4.78 is 9.81. The lowest BCUT2D eigenvalue weighted by molar-refractivity contribution is -0.145. The quantitative estimate of drug-likeness (QED) is 0.680. The van der Waals surface area contributed by atoms with E-state index in [9.17, 15) is 14.4 Å². The van der Waals surface area contributed by atoms with Gasteiger partial charge in [-0.25, -0.2) is 14.6 Å². The van der Waals surface area contributed by atoms with Crippen LogP contribution >= 0.6 is 11.3 Å². The van der Waals surface area contributed by atoms with E-state index in [1.54, 1.807) is 6.92 Å². The third-order valence-corrected chi connectivity index (χ3v) is 5.05. The number of carbonyl (C=O) groups is 3. The Bertz CT molecular complexity index is 832. The molecule has 8 heteroatoms. The molecule has 0 bridgehead atoms. The summed E-state index contributed by atoms with van der Waals surface area (Å²) in [6.45, 7) is 5.09. The number of aryl methyl sites for hydroxylation is 1. The fourth-order valence-corrected chi connectivity index (χ4v) is 3.52. The lowest BCUT2D eigenvalue weighted by atomic mass is 10.0. The molecule has 1 atom stereocenters. The number of hydrogen-bond donors (Lipinski definition) is 1. The highest BCUT2D eigenvalue weighted by Crippen LogP contribution is 2.28. The molecule has 0 spiro atoms. The summed E-state index contributed by atoms with van der Waals surface area (Å²) in [5, 5.41) is 3.25. The zero-order valence-corrected chi connectivity index (χ0v) is 17.2. The Morgan fingerprint density at radius 3 is 2.46 bits per heavy atom. The summed E-state index contributed by atoms with van der Waals surface area (Å²) in [6.07, 6.45) is 0.431. The van der Waals surface area contributed by atoms with E-state index in [1.807, 2.05) is 44.2 Å². The first-order valence-electron chi connectivity index (χ1n) is 8.89. The number of nitrogens with zero attached hydrogens (tertiary/aromatic N) is 1. The molecule has 0 aliphatic rings. The number of amides is 1. The summed E-state index contributed by atoms with van der Waals surface area (Å²) in [4.78, 5) is 41.0. The second-order valence-corrected chi connectivity index (χ2v) is 7.65. The van der Waals surface area contributed by atoms with Gasteiger partial charge in [-0.15, -0.1) is 11.3 Å². The molecular formula is C20H24N2O5S. The van der Waals surface area contributed by atoms with Gasteiger partial charge in [-0.1, -0.05) is 44.2 Å². The smallest absolute Gasteiger partial charge is 0.350 e. The topological polar surface area (TPSA) is 94.6 Å². The molecule has 150 valence electrons. The molecule has 1 aromatic heterocycles. The van der Waals surface area contributed by atoms with Crippen molar-refractivity contribution in [3.8, 4) is 10.6 Å². The first-order valence-corrected chi connectivity index (χ1v) is 9.70. The zero-order chi connectivity index (χ0) is 20.7. The van der Waals surface area contributed by atoms with E-state index < -0.39 is 30.5 Å². The minimum atomic E-state index is -0.772. The van der Waals surface area contributed by atoms with Crippen LogP contribution in [0.15, 0.2) is 30.3 Å². The third kappa shape index (κ3) is 5.88. The van der Waals surface area contributed by atoms with Crippen molar-refractivity contribution >= 4 is 29.2 Å². The molecule has 1 unspecified atom stereocenters. The van der Waals surface area contributed by atoms with Crippen molar-refractivity contribution in [1.82, 2.24) is 10.3 Å². The van der Waals surface area contributed by atoms with Gasteiger partial charge in [-0.05, 0) is 19.3 Å². The van der Waals surface area contributed by atoms with Gasteiger partial charge < -0.3 is 14.8 Å². The van der Waals surface area contributed by atoms with Crippen LogP contribution in [-0.4, -0.2) is 42.6 Å². The number of rotatable bonds is 8. The van der Waals surface area contributed by atoms with Crippen LogP contribution < -0.4 is 5.32 Å². The van der Waals surface area contributed by atoms with E-state index in [0.717, 1.165) is 5.56 Å². The molecule has 0 aliphatic carbocycles. The van der Waals surface area contributed by atoms with Crippen LogP contribution in [0.1, 0.15) is 35.6 Å². The van der Waals surface area contributed by atoms with Crippen LogP contribution in [0, 0.1) is 12.8 Å². The lowest BCUT2D eigenvalue weighted by Gasteiger charge is -2.18. The summed E-state index contributed by atoms with van der Waals surface area (Å²) in [7, 11) is 1.26. The van der Waals surface area contributed by atoms with Gasteiger partial charge in [0.25, 0.3) is 5.91 Å². The van der Waals surface area contributed by atoms with Gasteiger partial charge in [0.05, 0.1) is 12.8 Å². The molecule has 1 aromatic carbocycles. The van der Waals surface area contributed by atoms with Crippen molar-refractivity contribution in [2.75, 3.05) is 13.7 Å². The van der Waals surface area contributed by atoms with E-state index in [-0.39, 0.29) is 5.92 Å². The van der Waals surface area contributed by atoms with Crippen LogP contribution in [0.5, 0.6) is 0 Å². The average molecular weight is 404 g/mol. The van der Waals surface area contributed by atoms with E-state index in [2.05, 4.69) is 10.3 Å². The van der Waals surface area contributed by atoms with Gasteiger partial charge in [0.2, 0.25) is 0 Å². The predicted octanol–water partition coefficient (Wildman–Crippen LogP) is 2.98. The Morgan fingerprint density at radius 2 is 1.86 bits per heavy atom. The minimum Gasteiger partial charge on any atom is -0.467 e. The van der Waals surface area contributed by atoms with Crippen LogP contribution in [0.25, 0.3) is 10.6 Å². The number of benzene rings is 1. The Hall–Kier alpha value is -2.74. The third-order valence-electron chi connectivity index (χ3n) is 3.87. The number of aromatic nitrogens is 1. The van der Waals surface area contributed by atoms with E-state index in [4.69, 9.17) is 9.47 Å². The van der Waals surface area contributed by atoms with Crippen molar-refractivity contribution in [3.63, 3.8) is 0 Å². The highest BCUT2D eigenvalue weighted by molar-refractivity contribution is 7.17. The Balaban J connectivity index is 1.97. The highest BCUT2D eigenvalue weighted by atomic mass is 32.1. The molecule has 0 aliphatic heterocycles. The van der Waals surface area contributed by atoms with Crippen LogP contribution in [-0.2, 0) is 19.1 Å². The summed E-state index contributed by atoms with van der Waals surface area (Å²) in [5.41, 5.74) is 1.45. The van der Waals surface area contributed by atoms with Crippen molar-refractivity contribution in [3.05, 3.63) is 40.9 Å². The fraction of sp³-hybridized carbons (Fsp3) is 0.400. The molecular weight excluding hydrogens is 380 g/mol. The van der Waals surface area contributed by atoms with Crippen molar-refractivity contribution in [2.45, 2.75) is 33.2 Å². The van der Waals surface area contributed by atoms with Gasteiger partial charge in [-0.2, -0.15) is 0 Å². The van der Waals surface area contributed by atoms with Crippen molar-refractivity contribution < 1.29 is 23.9 Å². The van der Waals surface area contributed by atoms with Crippen LogP contribution in [0.4, 0.5) is 0 Å². The summed E-state index contributed by atoms with van der Waals surface area (Å²) in [6, 6.07) is 8.72. The maximum absolute atomic E-state index is 12.3. The molecule has 1 N–H and O–H groups in total. The standard InChI is InChI=1S/C20H24N2O5S/c1-12(2)10-15(19(24)26-4)22-16(23)11-27-20(25)17-13(3)21-18(28-17)14-8-6-5-7-9-14/h5-9,12,15H,10-11H2,1-4H3,(H,22,23). The number of nitrogens with one attached hydrogen (secondary N) is 1. The fourth-order valence-electron chi connectivity index (χ4n) is 2.55. The molecule has 0 fully saturated rings. The van der Waals surface area contributed by atoms with Gasteiger partial charge in [0.15, 0.2) is 6.61 Å². The number of carbonyl (C=O) groups excluding carboxylic acids is 3. The second kappa shape index (κ2) is 9.98. The molecule has 0 radical (unpaired) electrons. The van der Waals surface area contributed by atoms with Crippen LogP contribution in [0.2, 0.25) is 0 Å².